The topological polar surface area (TPSA) is 84.1 Å². The highest BCUT2D eigenvalue weighted by atomic mass is 19.1. The molecular formula is C19H24F2N4O2. The first-order valence-electron chi connectivity index (χ1n) is 9.38. The third-order valence-corrected chi connectivity index (χ3v) is 6.00. The van der Waals surface area contributed by atoms with Crippen LogP contribution in [0.2, 0.25) is 0 Å². The molecular weight excluding hydrogens is 354 g/mol. The Hall–Kier alpha value is -2.22. The monoisotopic (exact) mass is 378 g/mol. The maximum absolute atomic E-state index is 15.3. The summed E-state index contributed by atoms with van der Waals surface area (Å²) in [6.45, 7) is 3.74. The van der Waals surface area contributed by atoms with Gasteiger partial charge in [-0.15, -0.1) is 0 Å². The van der Waals surface area contributed by atoms with E-state index in [0.717, 1.165) is 12.8 Å². The van der Waals surface area contributed by atoms with Crippen molar-refractivity contribution in [1.82, 2.24) is 9.55 Å². The number of anilines is 1. The third kappa shape index (κ3) is 2.77. The number of rotatable bonds is 4. The first-order valence-corrected chi connectivity index (χ1v) is 9.38. The van der Waals surface area contributed by atoms with Crippen molar-refractivity contribution in [3.63, 3.8) is 0 Å². The second-order valence-electron chi connectivity index (χ2n) is 7.81. The number of H-pyrrole nitrogens is 1. The smallest absolute Gasteiger partial charge is 0.329 e. The van der Waals surface area contributed by atoms with E-state index in [1.807, 2.05) is 4.90 Å². The molecule has 1 aliphatic heterocycles. The number of nitrogens with two attached hydrogens (primary N) is 1. The molecule has 146 valence electrons. The Labute approximate surface area is 155 Å². The molecule has 27 heavy (non-hydrogen) atoms. The van der Waals surface area contributed by atoms with Gasteiger partial charge in [0.15, 0.2) is 5.82 Å². The number of hydrogen-bond donors (Lipinski definition) is 2. The predicted molar refractivity (Wildman–Crippen MR) is 101 cm³/mol. The molecule has 1 aromatic carbocycles. The van der Waals surface area contributed by atoms with Crippen LogP contribution in [0.15, 0.2) is 9.59 Å². The molecule has 4 rings (SSSR count). The van der Waals surface area contributed by atoms with Gasteiger partial charge in [0.1, 0.15) is 6.67 Å². The lowest BCUT2D eigenvalue weighted by Gasteiger charge is -2.25. The summed E-state index contributed by atoms with van der Waals surface area (Å²) in [5.74, 6) is -0.504. The summed E-state index contributed by atoms with van der Waals surface area (Å²) >= 11 is 0. The number of nitrogens with one attached hydrogen (secondary N) is 1. The Morgan fingerprint density at radius 3 is 2.56 bits per heavy atom. The van der Waals surface area contributed by atoms with E-state index < -0.39 is 29.8 Å². The van der Waals surface area contributed by atoms with Gasteiger partial charge in [-0.3, -0.25) is 14.3 Å². The van der Waals surface area contributed by atoms with Crippen molar-refractivity contribution in [2.75, 3.05) is 24.7 Å². The zero-order chi connectivity index (χ0) is 19.5. The predicted octanol–water partition coefficient (Wildman–Crippen LogP) is 1.90. The number of aromatic nitrogens is 2. The molecule has 2 aromatic rings. The van der Waals surface area contributed by atoms with E-state index in [9.17, 15) is 14.0 Å². The highest BCUT2D eigenvalue weighted by Crippen LogP contribution is 2.40. The van der Waals surface area contributed by atoms with Crippen LogP contribution in [0.4, 0.5) is 14.5 Å². The second-order valence-corrected chi connectivity index (χ2v) is 7.81. The highest BCUT2D eigenvalue weighted by molar-refractivity contribution is 5.90. The number of halogens is 2. The zero-order valence-corrected chi connectivity index (χ0v) is 15.5. The van der Waals surface area contributed by atoms with Gasteiger partial charge >= 0.3 is 5.69 Å². The van der Waals surface area contributed by atoms with Gasteiger partial charge in [0, 0.05) is 36.3 Å². The summed E-state index contributed by atoms with van der Waals surface area (Å²) in [6, 6.07) is -0.521. The fraction of sp³-hybridized carbons (Fsp3) is 0.579. The van der Waals surface area contributed by atoms with Gasteiger partial charge in [0.25, 0.3) is 5.56 Å². The fourth-order valence-corrected chi connectivity index (χ4v) is 4.35. The van der Waals surface area contributed by atoms with Crippen molar-refractivity contribution < 1.29 is 8.78 Å². The van der Waals surface area contributed by atoms with Crippen LogP contribution in [0.5, 0.6) is 0 Å². The molecule has 2 heterocycles. The molecule has 3 N–H and O–H groups in total. The summed E-state index contributed by atoms with van der Waals surface area (Å²) in [4.78, 5) is 29.1. The van der Waals surface area contributed by atoms with E-state index in [0.29, 0.717) is 36.3 Å². The van der Waals surface area contributed by atoms with Crippen molar-refractivity contribution in [2.45, 2.75) is 45.2 Å². The quantitative estimate of drug-likeness (QED) is 0.851. The summed E-state index contributed by atoms with van der Waals surface area (Å²) in [7, 11) is 0. The van der Waals surface area contributed by atoms with Crippen molar-refractivity contribution >= 4 is 16.6 Å². The normalized spacial score (nSPS) is 21.2. The van der Waals surface area contributed by atoms with Crippen LogP contribution in [0.1, 0.15) is 36.4 Å². The largest absolute Gasteiger partial charge is 0.369 e. The van der Waals surface area contributed by atoms with Crippen LogP contribution in [0.3, 0.4) is 0 Å². The molecule has 2 atom stereocenters. The molecule has 1 saturated carbocycles. The molecule has 0 bridgehead atoms. The lowest BCUT2D eigenvalue weighted by molar-refractivity contribution is 0.350. The molecule has 6 nitrogen and oxygen atoms in total. The molecule has 1 aromatic heterocycles. The van der Waals surface area contributed by atoms with Crippen LogP contribution >= 0.6 is 0 Å². The first kappa shape index (κ1) is 18.2. The molecule has 2 aliphatic rings. The minimum absolute atomic E-state index is 0.0412. The van der Waals surface area contributed by atoms with Gasteiger partial charge < -0.3 is 10.6 Å². The van der Waals surface area contributed by atoms with Crippen LogP contribution in [-0.4, -0.2) is 35.4 Å². The number of aromatic amines is 1. The molecule has 0 spiro atoms. The van der Waals surface area contributed by atoms with Gasteiger partial charge in [-0.2, -0.15) is 0 Å². The lowest BCUT2D eigenvalue weighted by Crippen LogP contribution is -2.35. The highest BCUT2D eigenvalue weighted by Gasteiger charge is 2.34. The maximum atomic E-state index is 15.3. The minimum Gasteiger partial charge on any atom is -0.369 e. The molecule has 2 unspecified atom stereocenters. The van der Waals surface area contributed by atoms with Crippen LogP contribution in [-0.2, 0) is 0 Å². The second kappa shape index (κ2) is 6.44. The van der Waals surface area contributed by atoms with Crippen molar-refractivity contribution in [1.29, 1.82) is 0 Å². The van der Waals surface area contributed by atoms with Crippen molar-refractivity contribution in [3.05, 3.63) is 37.8 Å². The number of nitrogens with zero attached hydrogens (tertiary/aromatic N) is 2. The summed E-state index contributed by atoms with van der Waals surface area (Å²) in [6.07, 6.45) is 2.42. The maximum Gasteiger partial charge on any atom is 0.329 e. The average molecular weight is 378 g/mol. The van der Waals surface area contributed by atoms with Crippen LogP contribution < -0.4 is 21.9 Å². The van der Waals surface area contributed by atoms with Crippen LogP contribution in [0, 0.1) is 25.6 Å². The molecule has 1 saturated heterocycles. The van der Waals surface area contributed by atoms with E-state index >= 15 is 4.39 Å². The SMILES string of the molecule is Cc1c(F)c(N2CCC(C(N)CF)C2)c(C)c2c1c(=O)[nH]c(=O)n2C1CC1. The lowest BCUT2D eigenvalue weighted by atomic mass is 10.0. The van der Waals surface area contributed by atoms with Gasteiger partial charge in [-0.25, -0.2) is 13.6 Å². The molecule has 8 heteroatoms. The number of aryl methyl sites for hydroxylation is 2. The Balaban J connectivity index is 1.94. The molecule has 1 aliphatic carbocycles. The standard InChI is InChI=1S/C19H24F2N4O2/c1-9-14-16(25(12-3-4-12)19(27)23-18(14)26)10(2)17(15(9)21)24-6-5-11(8-24)13(22)7-20/h11-13H,3-8,22H2,1-2H3,(H,23,26,27). The molecule has 0 amide bonds. The third-order valence-electron chi connectivity index (χ3n) is 6.00. The number of hydrogen-bond acceptors (Lipinski definition) is 4. The summed E-state index contributed by atoms with van der Waals surface area (Å²) in [5, 5.41) is 0.233. The summed E-state index contributed by atoms with van der Waals surface area (Å²) < 4.78 is 29.8. The van der Waals surface area contributed by atoms with E-state index in [1.165, 1.54) is 0 Å². The number of benzene rings is 1. The van der Waals surface area contributed by atoms with Crippen molar-refractivity contribution in [2.24, 2.45) is 11.7 Å². The van der Waals surface area contributed by atoms with E-state index in [1.54, 1.807) is 18.4 Å². The van der Waals surface area contributed by atoms with Gasteiger partial charge in [-0.05, 0) is 39.0 Å². The Bertz CT molecular complexity index is 1030. The first-order chi connectivity index (χ1) is 12.8. The Morgan fingerprint density at radius 1 is 1.22 bits per heavy atom. The number of fused-ring (bicyclic) bond motifs is 1. The minimum atomic E-state index is -0.604. The fourth-order valence-electron chi connectivity index (χ4n) is 4.35. The van der Waals surface area contributed by atoms with E-state index in [-0.39, 0.29) is 22.9 Å². The van der Waals surface area contributed by atoms with Crippen molar-refractivity contribution in [3.8, 4) is 0 Å². The van der Waals surface area contributed by atoms with Gasteiger partial charge in [0.05, 0.1) is 16.6 Å². The Kier molecular flexibility index (Phi) is 4.33. The van der Waals surface area contributed by atoms with E-state index in [2.05, 4.69) is 4.98 Å². The summed E-state index contributed by atoms with van der Waals surface area (Å²) in [5.41, 5.74) is 6.56. The van der Waals surface area contributed by atoms with Crippen LogP contribution in [0.25, 0.3) is 10.9 Å². The molecule has 2 fully saturated rings. The van der Waals surface area contributed by atoms with Gasteiger partial charge in [-0.1, -0.05) is 0 Å². The average Bonchev–Trinajstić information content (AvgIpc) is 3.35. The van der Waals surface area contributed by atoms with E-state index in [4.69, 9.17) is 5.73 Å². The zero-order valence-electron chi connectivity index (χ0n) is 15.5. The number of alkyl halides is 1. The Morgan fingerprint density at radius 2 is 1.93 bits per heavy atom. The van der Waals surface area contributed by atoms with Gasteiger partial charge in [0.2, 0.25) is 0 Å². The molecule has 0 radical (unpaired) electrons.